The van der Waals surface area contributed by atoms with E-state index in [-0.39, 0.29) is 5.79 Å². The van der Waals surface area contributed by atoms with Crippen LogP contribution in [0.4, 0.5) is 0 Å². The van der Waals surface area contributed by atoms with E-state index in [1.807, 2.05) is 0 Å². The maximum absolute atomic E-state index is 6.08. The second kappa shape index (κ2) is 6.49. The number of hydrogen-bond acceptors (Lipinski definition) is 2. The van der Waals surface area contributed by atoms with E-state index in [1.54, 1.807) is 0 Å². The lowest BCUT2D eigenvalue weighted by Gasteiger charge is -2.27. The minimum atomic E-state index is -0.255. The van der Waals surface area contributed by atoms with Crippen molar-refractivity contribution in [2.24, 2.45) is 0 Å². The first-order chi connectivity index (χ1) is 7.26. The molecule has 0 aromatic carbocycles. The van der Waals surface area contributed by atoms with Gasteiger partial charge in [-0.05, 0) is 6.42 Å². The monoisotopic (exact) mass is 213 g/mol. The fourth-order valence-corrected chi connectivity index (χ4v) is 2.28. The Morgan fingerprint density at radius 2 is 1.93 bits per heavy atom. The van der Waals surface area contributed by atoms with E-state index in [2.05, 4.69) is 20.8 Å². The van der Waals surface area contributed by atoms with Crippen molar-refractivity contribution in [3.05, 3.63) is 6.92 Å². The van der Waals surface area contributed by atoms with Gasteiger partial charge in [0.2, 0.25) is 0 Å². The number of ether oxygens (including phenoxy) is 2. The summed E-state index contributed by atoms with van der Waals surface area (Å²) in [6, 6.07) is 0. The lowest BCUT2D eigenvalue weighted by Crippen LogP contribution is -2.30. The fourth-order valence-electron chi connectivity index (χ4n) is 2.28. The van der Waals surface area contributed by atoms with Crippen LogP contribution in [0.25, 0.3) is 0 Å². The molecule has 15 heavy (non-hydrogen) atoms. The van der Waals surface area contributed by atoms with Crippen LogP contribution in [0.1, 0.15) is 58.8 Å². The molecular weight excluding hydrogens is 188 g/mol. The molecule has 0 bridgehead atoms. The minimum absolute atomic E-state index is 0.255. The van der Waals surface area contributed by atoms with Gasteiger partial charge < -0.3 is 9.47 Å². The summed E-state index contributed by atoms with van der Waals surface area (Å²) in [5.41, 5.74) is 0. The molecule has 1 aliphatic heterocycles. The van der Waals surface area contributed by atoms with Gasteiger partial charge in [-0.1, -0.05) is 46.5 Å². The van der Waals surface area contributed by atoms with E-state index in [1.165, 1.54) is 0 Å². The van der Waals surface area contributed by atoms with Crippen molar-refractivity contribution in [2.45, 2.75) is 70.7 Å². The number of hydrogen-bond donors (Lipinski definition) is 0. The standard InChI is InChI=1S/C13H25O2/c1-4-7-8-12-11-14-13(15-12,9-5-2)10-6-3/h12H,1,4-11H2,2-3H3. The molecule has 2 heteroatoms. The summed E-state index contributed by atoms with van der Waals surface area (Å²) in [6.45, 7) is 9.01. The maximum Gasteiger partial charge on any atom is 0.168 e. The summed E-state index contributed by atoms with van der Waals surface area (Å²) < 4.78 is 12.0. The Balaban J connectivity index is 2.40. The molecule has 0 spiro atoms. The molecule has 1 heterocycles. The van der Waals surface area contributed by atoms with Crippen molar-refractivity contribution in [1.29, 1.82) is 0 Å². The van der Waals surface area contributed by atoms with Gasteiger partial charge in [0.05, 0.1) is 12.7 Å². The molecule has 1 unspecified atom stereocenters. The molecule has 0 N–H and O–H groups in total. The highest BCUT2D eigenvalue weighted by Gasteiger charge is 2.39. The van der Waals surface area contributed by atoms with Gasteiger partial charge >= 0.3 is 0 Å². The fraction of sp³-hybridized carbons (Fsp3) is 0.923. The molecule has 1 saturated heterocycles. The third kappa shape index (κ3) is 3.76. The van der Waals surface area contributed by atoms with Crippen molar-refractivity contribution in [3.8, 4) is 0 Å². The van der Waals surface area contributed by atoms with Crippen molar-refractivity contribution < 1.29 is 9.47 Å². The zero-order valence-corrected chi connectivity index (χ0v) is 10.3. The van der Waals surface area contributed by atoms with Gasteiger partial charge in [-0.3, -0.25) is 0 Å². The molecule has 1 radical (unpaired) electrons. The number of rotatable bonds is 7. The van der Waals surface area contributed by atoms with Gasteiger partial charge in [-0.25, -0.2) is 0 Å². The summed E-state index contributed by atoms with van der Waals surface area (Å²) in [6.07, 6.45) is 7.85. The molecule has 0 aliphatic carbocycles. The Hall–Kier alpha value is -0.0800. The van der Waals surface area contributed by atoms with Crippen LogP contribution in [0.2, 0.25) is 0 Å². The van der Waals surface area contributed by atoms with Crippen LogP contribution in [-0.4, -0.2) is 18.5 Å². The highest BCUT2D eigenvalue weighted by molar-refractivity contribution is 4.78. The van der Waals surface area contributed by atoms with Gasteiger partial charge in [0.25, 0.3) is 0 Å². The molecule has 1 fully saturated rings. The highest BCUT2D eigenvalue weighted by atomic mass is 16.7. The molecule has 2 nitrogen and oxygen atoms in total. The van der Waals surface area contributed by atoms with Gasteiger partial charge in [0.1, 0.15) is 0 Å². The molecule has 89 valence electrons. The largest absolute Gasteiger partial charge is 0.347 e. The second-order valence-electron chi connectivity index (χ2n) is 4.46. The first-order valence-corrected chi connectivity index (χ1v) is 6.37. The van der Waals surface area contributed by atoms with Crippen molar-refractivity contribution >= 4 is 0 Å². The zero-order chi connectivity index (χ0) is 11.1. The van der Waals surface area contributed by atoms with Crippen molar-refractivity contribution in [1.82, 2.24) is 0 Å². The van der Waals surface area contributed by atoms with E-state index in [4.69, 9.17) is 9.47 Å². The van der Waals surface area contributed by atoms with E-state index >= 15 is 0 Å². The quantitative estimate of drug-likeness (QED) is 0.642. The smallest absolute Gasteiger partial charge is 0.168 e. The van der Waals surface area contributed by atoms with Crippen molar-refractivity contribution in [2.75, 3.05) is 6.61 Å². The average Bonchev–Trinajstić information content (AvgIpc) is 2.60. The summed E-state index contributed by atoms with van der Waals surface area (Å²) >= 11 is 0. The van der Waals surface area contributed by atoms with Crippen LogP contribution >= 0.6 is 0 Å². The Morgan fingerprint density at radius 3 is 2.47 bits per heavy atom. The second-order valence-corrected chi connectivity index (χ2v) is 4.46. The van der Waals surface area contributed by atoms with Crippen LogP contribution in [0.15, 0.2) is 0 Å². The van der Waals surface area contributed by atoms with E-state index in [0.717, 1.165) is 51.6 Å². The lowest BCUT2D eigenvalue weighted by atomic mass is 10.1. The van der Waals surface area contributed by atoms with Crippen LogP contribution < -0.4 is 0 Å². The van der Waals surface area contributed by atoms with E-state index in [9.17, 15) is 0 Å². The molecular formula is C13H25O2. The first kappa shape index (κ1) is 13.0. The van der Waals surface area contributed by atoms with Crippen LogP contribution in [0.3, 0.4) is 0 Å². The van der Waals surface area contributed by atoms with Gasteiger partial charge in [0.15, 0.2) is 5.79 Å². The third-order valence-corrected chi connectivity index (χ3v) is 2.95. The predicted molar refractivity (Wildman–Crippen MR) is 62.6 cm³/mol. The molecule has 0 amide bonds. The van der Waals surface area contributed by atoms with Gasteiger partial charge in [-0.2, -0.15) is 0 Å². The normalized spacial score (nSPS) is 24.6. The lowest BCUT2D eigenvalue weighted by molar-refractivity contribution is -0.178. The Kier molecular flexibility index (Phi) is 5.62. The highest BCUT2D eigenvalue weighted by Crippen LogP contribution is 2.34. The van der Waals surface area contributed by atoms with Crippen LogP contribution in [0.5, 0.6) is 0 Å². The summed E-state index contributed by atoms with van der Waals surface area (Å²) in [7, 11) is 0. The van der Waals surface area contributed by atoms with E-state index < -0.39 is 0 Å². The van der Waals surface area contributed by atoms with E-state index in [0.29, 0.717) is 6.10 Å². The third-order valence-electron chi connectivity index (χ3n) is 2.95. The molecule has 0 aromatic heterocycles. The Bertz CT molecular complexity index is 162. The minimum Gasteiger partial charge on any atom is -0.347 e. The number of unbranched alkanes of at least 4 members (excludes halogenated alkanes) is 1. The molecule has 0 aromatic rings. The molecule has 1 rings (SSSR count). The predicted octanol–water partition coefficient (Wildman–Crippen LogP) is 3.70. The first-order valence-electron chi connectivity index (χ1n) is 6.37. The average molecular weight is 213 g/mol. The summed E-state index contributed by atoms with van der Waals surface area (Å²) in [5.74, 6) is -0.255. The SMILES string of the molecule is [CH2]CCCC1COC(CCC)(CCC)O1. The van der Waals surface area contributed by atoms with Crippen molar-refractivity contribution in [3.63, 3.8) is 0 Å². The topological polar surface area (TPSA) is 18.5 Å². The summed E-state index contributed by atoms with van der Waals surface area (Å²) in [4.78, 5) is 0. The molecule has 1 atom stereocenters. The maximum atomic E-state index is 6.08. The van der Waals surface area contributed by atoms with Gasteiger partial charge in [0, 0.05) is 12.8 Å². The van der Waals surface area contributed by atoms with Crippen LogP contribution in [0, 0.1) is 6.92 Å². The van der Waals surface area contributed by atoms with Crippen LogP contribution in [-0.2, 0) is 9.47 Å². The molecule has 1 aliphatic rings. The zero-order valence-electron chi connectivity index (χ0n) is 10.3. The Labute approximate surface area is 94.3 Å². The van der Waals surface area contributed by atoms with Gasteiger partial charge in [-0.15, -0.1) is 0 Å². The Morgan fingerprint density at radius 1 is 1.27 bits per heavy atom. The summed E-state index contributed by atoms with van der Waals surface area (Å²) in [5, 5.41) is 0. The molecule has 0 saturated carbocycles.